The maximum Gasteiger partial charge on any atom is 0.527 e. The van der Waals surface area contributed by atoms with Gasteiger partial charge in [0.15, 0.2) is 0 Å². The maximum absolute atomic E-state index is 11.0. The lowest BCUT2D eigenvalue weighted by atomic mass is 10.2. The number of para-hydroxylation sites is 1. The smallest absolute Gasteiger partial charge is 0.507 e. The van der Waals surface area contributed by atoms with Crippen molar-refractivity contribution in [2.45, 2.75) is 0 Å². The average molecular weight is 218 g/mol. The standard InChI is InChI=1S/C7H7O6P/c8-6-4-2-1-3-5(6)7(9)13-14(10,11)12/h1-4,8H,(H2,10,11,12). The zero-order valence-electron chi connectivity index (χ0n) is 6.82. The van der Waals surface area contributed by atoms with Gasteiger partial charge in [-0.3, -0.25) is 9.79 Å². The normalized spacial score (nSPS) is 11.0. The number of rotatable bonds is 2. The molecular formula is C7H7O6P. The van der Waals surface area contributed by atoms with E-state index in [1.54, 1.807) is 0 Å². The van der Waals surface area contributed by atoms with Gasteiger partial charge in [0.05, 0.1) is 0 Å². The first-order valence-electron chi connectivity index (χ1n) is 3.47. The molecule has 0 fully saturated rings. The molecule has 0 atom stereocenters. The number of phosphoric ester groups is 1. The van der Waals surface area contributed by atoms with Crippen molar-refractivity contribution >= 4 is 13.8 Å². The molecule has 0 aromatic heterocycles. The van der Waals surface area contributed by atoms with Crippen LogP contribution in [-0.2, 0) is 9.09 Å². The van der Waals surface area contributed by atoms with Gasteiger partial charge in [-0.1, -0.05) is 12.1 Å². The zero-order chi connectivity index (χ0) is 10.8. The summed E-state index contributed by atoms with van der Waals surface area (Å²) in [6.45, 7) is 0. The van der Waals surface area contributed by atoms with E-state index in [9.17, 15) is 9.36 Å². The Morgan fingerprint density at radius 1 is 1.29 bits per heavy atom. The van der Waals surface area contributed by atoms with E-state index in [2.05, 4.69) is 4.52 Å². The second kappa shape index (κ2) is 3.79. The zero-order valence-corrected chi connectivity index (χ0v) is 7.72. The third-order valence-electron chi connectivity index (χ3n) is 1.33. The largest absolute Gasteiger partial charge is 0.527 e. The molecular weight excluding hydrogens is 211 g/mol. The first kappa shape index (κ1) is 10.7. The van der Waals surface area contributed by atoms with Crippen LogP contribution >= 0.6 is 7.82 Å². The summed E-state index contributed by atoms with van der Waals surface area (Å²) in [5.41, 5.74) is -0.296. The van der Waals surface area contributed by atoms with Gasteiger partial charge in [-0.05, 0) is 12.1 Å². The van der Waals surface area contributed by atoms with Crippen molar-refractivity contribution in [3.63, 3.8) is 0 Å². The minimum atomic E-state index is -4.87. The lowest BCUT2D eigenvalue weighted by molar-refractivity contribution is 0.0675. The fraction of sp³-hybridized carbons (Fsp3) is 0. The van der Waals surface area contributed by atoms with Gasteiger partial charge in [-0.15, -0.1) is 0 Å². The molecule has 1 rings (SSSR count). The van der Waals surface area contributed by atoms with Crippen molar-refractivity contribution < 1.29 is 28.8 Å². The van der Waals surface area contributed by atoms with Crippen LogP contribution in [0.5, 0.6) is 5.75 Å². The average Bonchev–Trinajstić information content (AvgIpc) is 2.01. The highest BCUT2D eigenvalue weighted by molar-refractivity contribution is 7.46. The third-order valence-corrected chi connectivity index (χ3v) is 1.73. The first-order chi connectivity index (χ1) is 6.40. The molecule has 0 spiro atoms. The quantitative estimate of drug-likeness (QED) is 0.629. The molecule has 76 valence electrons. The van der Waals surface area contributed by atoms with Gasteiger partial charge in [-0.25, -0.2) is 9.36 Å². The topological polar surface area (TPSA) is 104 Å². The van der Waals surface area contributed by atoms with E-state index in [-0.39, 0.29) is 5.56 Å². The number of hydrogen-bond donors (Lipinski definition) is 3. The van der Waals surface area contributed by atoms with Crippen LogP contribution < -0.4 is 0 Å². The highest BCUT2D eigenvalue weighted by atomic mass is 31.2. The van der Waals surface area contributed by atoms with Crippen molar-refractivity contribution in [3.05, 3.63) is 29.8 Å². The predicted octanol–water partition coefficient (Wildman–Crippen LogP) is 0.642. The number of phenols is 1. The van der Waals surface area contributed by atoms with Gasteiger partial charge in [0.25, 0.3) is 0 Å². The van der Waals surface area contributed by atoms with E-state index in [0.717, 1.165) is 0 Å². The molecule has 0 bridgehead atoms. The van der Waals surface area contributed by atoms with Gasteiger partial charge >= 0.3 is 13.8 Å². The van der Waals surface area contributed by atoms with E-state index in [1.807, 2.05) is 0 Å². The van der Waals surface area contributed by atoms with Crippen LogP contribution in [-0.4, -0.2) is 20.9 Å². The Labute approximate surface area is 79.0 Å². The minimum absolute atomic E-state index is 0.296. The Hall–Kier alpha value is -1.36. The summed E-state index contributed by atoms with van der Waals surface area (Å²) in [5.74, 6) is -1.66. The fourth-order valence-corrected chi connectivity index (χ4v) is 1.12. The molecule has 0 amide bonds. The van der Waals surface area contributed by atoms with Crippen LogP contribution in [0.3, 0.4) is 0 Å². The second-order valence-electron chi connectivity index (χ2n) is 2.39. The second-order valence-corrected chi connectivity index (χ2v) is 3.55. The molecule has 0 radical (unpaired) electrons. The summed E-state index contributed by atoms with van der Waals surface area (Å²) in [4.78, 5) is 27.7. The number of carbonyl (C=O) groups excluding carboxylic acids is 1. The molecule has 0 aliphatic heterocycles. The minimum Gasteiger partial charge on any atom is -0.507 e. The Bertz CT molecular complexity index is 395. The van der Waals surface area contributed by atoms with Gasteiger partial charge in [0.2, 0.25) is 0 Å². The summed E-state index contributed by atoms with van der Waals surface area (Å²) < 4.78 is 14.1. The van der Waals surface area contributed by atoms with Crippen molar-refractivity contribution in [1.82, 2.24) is 0 Å². The van der Waals surface area contributed by atoms with E-state index in [0.29, 0.717) is 0 Å². The van der Waals surface area contributed by atoms with Crippen LogP contribution in [0.4, 0.5) is 0 Å². The molecule has 14 heavy (non-hydrogen) atoms. The highest BCUT2D eigenvalue weighted by Crippen LogP contribution is 2.37. The van der Waals surface area contributed by atoms with Crippen molar-refractivity contribution in [2.24, 2.45) is 0 Å². The number of phosphoric acid groups is 1. The van der Waals surface area contributed by atoms with Crippen LogP contribution in [0.2, 0.25) is 0 Å². The molecule has 0 heterocycles. The van der Waals surface area contributed by atoms with Gasteiger partial charge in [0, 0.05) is 0 Å². The predicted molar refractivity (Wildman–Crippen MR) is 45.6 cm³/mol. The molecule has 0 aliphatic carbocycles. The van der Waals surface area contributed by atoms with Gasteiger partial charge < -0.3 is 9.63 Å². The fourth-order valence-electron chi connectivity index (χ4n) is 0.803. The third kappa shape index (κ3) is 2.85. The highest BCUT2D eigenvalue weighted by Gasteiger charge is 2.23. The maximum atomic E-state index is 11.0. The van der Waals surface area contributed by atoms with E-state index >= 15 is 0 Å². The molecule has 7 heteroatoms. The molecule has 0 aliphatic rings. The molecule has 0 saturated carbocycles. The Kier molecular flexibility index (Phi) is 2.90. The monoisotopic (exact) mass is 218 g/mol. The molecule has 3 N–H and O–H groups in total. The molecule has 0 saturated heterocycles. The summed E-state index contributed by atoms with van der Waals surface area (Å²) in [7, 11) is -4.87. The van der Waals surface area contributed by atoms with Crippen molar-refractivity contribution in [1.29, 1.82) is 0 Å². The first-order valence-corrected chi connectivity index (χ1v) is 5.00. The van der Waals surface area contributed by atoms with E-state index in [1.165, 1.54) is 24.3 Å². The SMILES string of the molecule is O=C(OP(=O)(O)O)c1ccccc1O. The number of aromatic hydroxyl groups is 1. The lowest BCUT2D eigenvalue weighted by Gasteiger charge is -2.05. The van der Waals surface area contributed by atoms with E-state index < -0.39 is 19.5 Å². The van der Waals surface area contributed by atoms with Crippen LogP contribution in [0.25, 0.3) is 0 Å². The van der Waals surface area contributed by atoms with Crippen LogP contribution in [0, 0.1) is 0 Å². The summed E-state index contributed by atoms with van der Waals surface area (Å²) in [5, 5.41) is 9.12. The molecule has 0 unspecified atom stereocenters. The summed E-state index contributed by atoms with van der Waals surface area (Å²) in [6, 6.07) is 5.28. The van der Waals surface area contributed by atoms with Crippen molar-refractivity contribution in [2.75, 3.05) is 0 Å². The number of phenolic OH excluding ortho intramolecular Hbond substituents is 1. The lowest BCUT2D eigenvalue weighted by Crippen LogP contribution is -2.03. The number of carbonyl (C=O) groups is 1. The van der Waals surface area contributed by atoms with Gasteiger partial charge in [0.1, 0.15) is 11.3 Å². The number of hydrogen-bond acceptors (Lipinski definition) is 4. The summed E-state index contributed by atoms with van der Waals surface area (Å²) in [6.07, 6.45) is 0. The van der Waals surface area contributed by atoms with E-state index in [4.69, 9.17) is 14.9 Å². The van der Waals surface area contributed by atoms with Crippen LogP contribution in [0.15, 0.2) is 24.3 Å². The molecule has 1 aromatic carbocycles. The molecule has 1 aromatic rings. The van der Waals surface area contributed by atoms with Crippen LogP contribution in [0.1, 0.15) is 10.4 Å². The molecule has 6 nitrogen and oxygen atoms in total. The Balaban J connectivity index is 2.91. The number of benzene rings is 1. The Morgan fingerprint density at radius 2 is 1.86 bits per heavy atom. The summed E-state index contributed by atoms with van der Waals surface area (Å²) >= 11 is 0. The van der Waals surface area contributed by atoms with Crippen molar-refractivity contribution in [3.8, 4) is 5.75 Å². The Morgan fingerprint density at radius 3 is 2.36 bits per heavy atom. The van der Waals surface area contributed by atoms with Gasteiger partial charge in [-0.2, -0.15) is 0 Å².